The van der Waals surface area contributed by atoms with Gasteiger partial charge in [-0.3, -0.25) is 4.79 Å². The molecule has 1 aromatic carbocycles. The Kier molecular flexibility index (Phi) is 2.37. The Balaban J connectivity index is 2.08. The Hall–Kier alpha value is -1.81. The molecule has 1 atom stereocenters. The smallest absolute Gasteiger partial charge is 0.252 e. The van der Waals surface area contributed by atoms with Gasteiger partial charge in [-0.05, 0) is 18.6 Å². The second-order valence-corrected chi connectivity index (χ2v) is 4.26. The molecule has 0 spiro atoms. The van der Waals surface area contributed by atoms with Crippen molar-refractivity contribution >= 4 is 10.9 Å². The van der Waals surface area contributed by atoms with E-state index in [9.17, 15) is 4.79 Å². The Labute approximate surface area is 98.2 Å². The molecule has 4 heteroatoms. The monoisotopic (exact) mass is 231 g/mol. The van der Waals surface area contributed by atoms with Crippen molar-refractivity contribution in [1.29, 1.82) is 0 Å². The molecule has 1 fully saturated rings. The summed E-state index contributed by atoms with van der Waals surface area (Å²) in [5, 5.41) is 0.935. The molecule has 2 aromatic rings. The topological polar surface area (TPSA) is 54.6 Å². The number of fused-ring (bicyclic) bond motifs is 1. The lowest BCUT2D eigenvalue weighted by Gasteiger charge is -2.08. The minimum Gasteiger partial charge on any atom is -0.490 e. The van der Waals surface area contributed by atoms with Crippen molar-refractivity contribution < 1.29 is 9.47 Å². The molecule has 0 unspecified atom stereocenters. The minimum absolute atomic E-state index is 0.140. The van der Waals surface area contributed by atoms with E-state index in [1.54, 1.807) is 0 Å². The van der Waals surface area contributed by atoms with Crippen LogP contribution in [0.25, 0.3) is 10.9 Å². The molecule has 1 N–H and O–H groups in total. The first-order valence-corrected chi connectivity index (χ1v) is 5.61. The van der Waals surface area contributed by atoms with E-state index in [2.05, 4.69) is 4.98 Å². The van der Waals surface area contributed by atoms with Crippen LogP contribution in [0.15, 0.2) is 29.1 Å². The maximum absolute atomic E-state index is 11.5. The van der Waals surface area contributed by atoms with Gasteiger partial charge in [0.05, 0.1) is 12.1 Å². The van der Waals surface area contributed by atoms with Crippen molar-refractivity contribution in [2.24, 2.45) is 0 Å². The van der Waals surface area contributed by atoms with Crippen LogP contribution in [-0.2, 0) is 4.74 Å². The second kappa shape index (κ2) is 3.89. The molecule has 4 nitrogen and oxygen atoms in total. The van der Waals surface area contributed by atoms with Crippen molar-refractivity contribution in [1.82, 2.24) is 4.98 Å². The van der Waals surface area contributed by atoms with Crippen molar-refractivity contribution in [3.63, 3.8) is 0 Å². The van der Waals surface area contributed by atoms with Crippen LogP contribution in [0.1, 0.15) is 5.56 Å². The van der Waals surface area contributed by atoms with E-state index in [0.717, 1.165) is 23.1 Å². The van der Waals surface area contributed by atoms with Gasteiger partial charge >= 0.3 is 0 Å². The Morgan fingerprint density at radius 2 is 2.35 bits per heavy atom. The molecule has 3 rings (SSSR count). The fraction of sp³-hybridized carbons (Fsp3) is 0.308. The second-order valence-electron chi connectivity index (χ2n) is 4.26. The van der Waals surface area contributed by atoms with Gasteiger partial charge in [-0.2, -0.15) is 0 Å². The molecule has 1 aromatic heterocycles. The number of ether oxygens (including phenoxy) is 2. The first-order valence-electron chi connectivity index (χ1n) is 5.61. The molecule has 17 heavy (non-hydrogen) atoms. The minimum atomic E-state index is -0.140. The van der Waals surface area contributed by atoms with Crippen LogP contribution in [0.3, 0.4) is 0 Å². The zero-order valence-electron chi connectivity index (χ0n) is 9.53. The van der Waals surface area contributed by atoms with Crippen molar-refractivity contribution in [2.45, 2.75) is 13.0 Å². The fourth-order valence-corrected chi connectivity index (χ4v) is 1.86. The molecule has 2 heterocycles. The Bertz CT molecular complexity index is 614. The average Bonchev–Trinajstić information content (AvgIpc) is 3.11. The molecule has 1 aliphatic heterocycles. The SMILES string of the molecule is Cc1cccc2c(OC[C@@H]3CO3)cc(=O)[nH]c12. The molecule has 0 amide bonds. The van der Waals surface area contributed by atoms with Crippen molar-refractivity contribution in [3.05, 3.63) is 40.2 Å². The molecule has 0 bridgehead atoms. The number of rotatable bonds is 3. The van der Waals surface area contributed by atoms with Crippen LogP contribution in [0.5, 0.6) is 5.75 Å². The first-order chi connectivity index (χ1) is 8.24. The highest BCUT2D eigenvalue weighted by molar-refractivity contribution is 5.87. The lowest BCUT2D eigenvalue weighted by Crippen LogP contribution is -2.10. The number of aromatic amines is 1. The van der Waals surface area contributed by atoms with Gasteiger partial charge in [-0.25, -0.2) is 0 Å². The highest BCUT2D eigenvalue weighted by atomic mass is 16.6. The van der Waals surface area contributed by atoms with Crippen LogP contribution in [0, 0.1) is 6.92 Å². The summed E-state index contributed by atoms with van der Waals surface area (Å²) >= 11 is 0. The number of aromatic nitrogens is 1. The highest BCUT2D eigenvalue weighted by Crippen LogP contribution is 2.25. The molecular weight excluding hydrogens is 218 g/mol. The summed E-state index contributed by atoms with van der Waals surface area (Å²) in [6.45, 7) is 3.22. The molecule has 1 saturated heterocycles. The number of H-pyrrole nitrogens is 1. The van der Waals surface area contributed by atoms with Gasteiger partial charge in [0, 0.05) is 11.5 Å². The quantitative estimate of drug-likeness (QED) is 0.816. The van der Waals surface area contributed by atoms with E-state index >= 15 is 0 Å². The summed E-state index contributed by atoms with van der Waals surface area (Å²) < 4.78 is 10.7. The van der Waals surface area contributed by atoms with Crippen molar-refractivity contribution in [3.8, 4) is 5.75 Å². The van der Waals surface area contributed by atoms with Crippen LogP contribution in [-0.4, -0.2) is 24.3 Å². The van der Waals surface area contributed by atoms with Crippen LogP contribution < -0.4 is 10.3 Å². The van der Waals surface area contributed by atoms with E-state index in [-0.39, 0.29) is 11.7 Å². The van der Waals surface area contributed by atoms with Crippen LogP contribution >= 0.6 is 0 Å². The third-order valence-corrected chi connectivity index (χ3v) is 2.88. The standard InChI is InChI=1S/C13H13NO3/c1-8-3-2-4-10-11(17-7-9-6-16-9)5-12(15)14-13(8)10/h2-5,9H,6-7H2,1H3,(H,14,15)/t9-/m0/s1. The number of aryl methyl sites for hydroxylation is 1. The lowest BCUT2D eigenvalue weighted by atomic mass is 10.1. The number of hydrogen-bond acceptors (Lipinski definition) is 3. The number of benzene rings is 1. The van der Waals surface area contributed by atoms with E-state index in [0.29, 0.717) is 12.4 Å². The number of nitrogens with one attached hydrogen (secondary N) is 1. The van der Waals surface area contributed by atoms with Gasteiger partial charge in [0.15, 0.2) is 0 Å². The third kappa shape index (κ3) is 2.03. The summed E-state index contributed by atoms with van der Waals surface area (Å²) in [4.78, 5) is 14.4. The predicted molar refractivity (Wildman–Crippen MR) is 64.5 cm³/mol. The van der Waals surface area contributed by atoms with Crippen LogP contribution in [0.2, 0.25) is 0 Å². The van der Waals surface area contributed by atoms with Gasteiger partial charge in [-0.15, -0.1) is 0 Å². The average molecular weight is 231 g/mol. The Morgan fingerprint density at radius 3 is 3.12 bits per heavy atom. The number of para-hydroxylation sites is 1. The molecular formula is C13H13NO3. The fourth-order valence-electron chi connectivity index (χ4n) is 1.86. The number of epoxide rings is 1. The predicted octanol–water partition coefficient (Wildman–Crippen LogP) is 1.61. The maximum atomic E-state index is 11.5. The summed E-state index contributed by atoms with van der Waals surface area (Å²) in [5.74, 6) is 0.628. The first kappa shape index (κ1) is 10.4. The third-order valence-electron chi connectivity index (χ3n) is 2.88. The van der Waals surface area contributed by atoms with E-state index < -0.39 is 0 Å². The zero-order chi connectivity index (χ0) is 11.8. The normalized spacial score (nSPS) is 18.3. The highest BCUT2D eigenvalue weighted by Gasteiger charge is 2.23. The molecule has 0 aliphatic carbocycles. The molecule has 1 aliphatic rings. The Morgan fingerprint density at radius 1 is 1.53 bits per heavy atom. The van der Waals surface area contributed by atoms with Gasteiger partial charge in [-0.1, -0.05) is 12.1 Å². The van der Waals surface area contributed by atoms with Gasteiger partial charge in [0.2, 0.25) is 0 Å². The number of hydrogen-bond donors (Lipinski definition) is 1. The van der Waals surface area contributed by atoms with Crippen molar-refractivity contribution in [2.75, 3.05) is 13.2 Å². The summed E-state index contributed by atoms with van der Waals surface area (Å²) in [7, 11) is 0. The van der Waals surface area contributed by atoms with E-state index in [1.165, 1.54) is 6.07 Å². The number of pyridine rings is 1. The summed E-state index contributed by atoms with van der Waals surface area (Å²) in [5.41, 5.74) is 1.73. The molecule has 0 radical (unpaired) electrons. The summed E-state index contributed by atoms with van der Waals surface area (Å²) in [6.07, 6.45) is 0.189. The maximum Gasteiger partial charge on any atom is 0.252 e. The summed E-state index contributed by atoms with van der Waals surface area (Å²) in [6, 6.07) is 7.36. The van der Waals surface area contributed by atoms with E-state index in [1.807, 2.05) is 25.1 Å². The van der Waals surface area contributed by atoms with Gasteiger partial charge in [0.25, 0.3) is 5.56 Å². The molecule has 0 saturated carbocycles. The van der Waals surface area contributed by atoms with Gasteiger partial charge in [0.1, 0.15) is 18.5 Å². The van der Waals surface area contributed by atoms with Crippen LogP contribution in [0.4, 0.5) is 0 Å². The molecule has 88 valence electrons. The zero-order valence-corrected chi connectivity index (χ0v) is 9.53. The lowest BCUT2D eigenvalue weighted by molar-refractivity contribution is 0.265. The largest absolute Gasteiger partial charge is 0.490 e. The van der Waals surface area contributed by atoms with Gasteiger partial charge < -0.3 is 14.5 Å². The van der Waals surface area contributed by atoms with E-state index in [4.69, 9.17) is 9.47 Å².